The van der Waals surface area contributed by atoms with Crippen LogP contribution in [0.2, 0.25) is 0 Å². The molecular formula is C47H45F6N4NaO9. The summed E-state index contributed by atoms with van der Waals surface area (Å²) in [6.45, 7) is 5.91. The zero-order valence-electron chi connectivity index (χ0n) is 37.0. The Balaban J connectivity index is 0.000000244. The van der Waals surface area contributed by atoms with Gasteiger partial charge in [-0.1, -0.05) is 37.0 Å². The number of alkyl halides is 6. The van der Waals surface area contributed by atoms with E-state index in [0.717, 1.165) is 28.2 Å². The fourth-order valence-electron chi connectivity index (χ4n) is 7.74. The van der Waals surface area contributed by atoms with Crippen LogP contribution in [0.15, 0.2) is 94.2 Å². The molecule has 0 aliphatic carbocycles. The second kappa shape index (κ2) is 22.2. The molecule has 8 rings (SSSR count). The molecule has 0 unspecified atom stereocenters. The van der Waals surface area contributed by atoms with Crippen molar-refractivity contribution in [3.05, 3.63) is 119 Å². The Labute approximate surface area is 401 Å². The van der Waals surface area contributed by atoms with Crippen LogP contribution in [0.25, 0.3) is 43.7 Å². The van der Waals surface area contributed by atoms with Crippen LogP contribution < -0.4 is 39.0 Å². The maximum Gasteiger partial charge on any atom is 1.00 e. The number of methoxy groups -OCH3 is 1. The van der Waals surface area contributed by atoms with E-state index < -0.39 is 29.7 Å². The molecule has 0 bridgehead atoms. The van der Waals surface area contributed by atoms with Gasteiger partial charge in [-0.2, -0.15) is 26.3 Å². The minimum atomic E-state index is -4.58. The van der Waals surface area contributed by atoms with E-state index in [1.807, 2.05) is 49.0 Å². The molecule has 0 spiro atoms. The van der Waals surface area contributed by atoms with Crippen LogP contribution >= 0.6 is 0 Å². The minimum Gasteiger partial charge on any atom is -0.870 e. The number of carbonyl (C=O) groups is 2. The zero-order chi connectivity index (χ0) is 46.5. The molecule has 0 aliphatic rings. The molecule has 0 fully saturated rings. The van der Waals surface area contributed by atoms with Crippen molar-refractivity contribution in [2.75, 3.05) is 20.3 Å². The van der Waals surface area contributed by atoms with Crippen LogP contribution in [0.5, 0.6) is 11.5 Å². The summed E-state index contributed by atoms with van der Waals surface area (Å²) in [5.41, 5.74) is 2.01. The third-order valence-electron chi connectivity index (χ3n) is 10.8. The average Bonchev–Trinajstić information content (AvgIpc) is 4.09. The summed E-state index contributed by atoms with van der Waals surface area (Å²) in [7, 11) is 1.35. The third kappa shape index (κ3) is 11.6. The number of hydrogen-bond donors (Lipinski definition) is 1. The fourth-order valence-corrected chi connectivity index (χ4v) is 7.74. The number of hydrogen-bond acceptors (Lipinski definition) is 10. The molecule has 4 aromatic heterocycles. The van der Waals surface area contributed by atoms with Crippen molar-refractivity contribution in [2.45, 2.75) is 77.8 Å². The standard InChI is InChI=1S/C24H23F3N2O4.C23H21F3N2O4.Na.H2O/c1-3-5-17-20(9-7-18-21(17)33-28-22(18)24(25,26)27)32-13-4-11-29-12-10-15-14-16(23(30)31-2)6-8-19(15)29;1-2-4-16-19(8-6-17-20(16)32-27-21(17)23(24,25)26)31-12-3-10-28-11-9-14-13-15(22(29)30)5-7-18(14)28;;/h6-10,12,14H,3-5,11,13H2,1-2H3;5-9,11,13H,2-4,10,12H2,1H3,(H,29,30);;1H2/q;;+1;/p-1. The van der Waals surface area contributed by atoms with Gasteiger partial charge in [0, 0.05) is 58.4 Å². The molecule has 67 heavy (non-hydrogen) atoms. The van der Waals surface area contributed by atoms with Crippen LogP contribution in [0, 0.1) is 0 Å². The van der Waals surface area contributed by atoms with Gasteiger partial charge in [-0.15, -0.1) is 0 Å². The van der Waals surface area contributed by atoms with Crippen LogP contribution in [-0.2, 0) is 43.0 Å². The predicted octanol–water partition coefficient (Wildman–Crippen LogP) is 8.76. The van der Waals surface area contributed by atoms with Gasteiger partial charge < -0.3 is 43.0 Å². The molecule has 0 amide bonds. The Morgan fingerprint density at radius 3 is 1.49 bits per heavy atom. The number of carboxylic acids is 1. The molecule has 8 aromatic rings. The van der Waals surface area contributed by atoms with E-state index in [1.54, 1.807) is 36.4 Å². The van der Waals surface area contributed by atoms with Crippen molar-refractivity contribution in [3.8, 4) is 11.5 Å². The second-order valence-corrected chi connectivity index (χ2v) is 15.2. The van der Waals surface area contributed by atoms with E-state index in [4.69, 9.17) is 28.4 Å². The van der Waals surface area contributed by atoms with Crippen LogP contribution in [0.4, 0.5) is 26.3 Å². The Bertz CT molecular complexity index is 2970. The van der Waals surface area contributed by atoms with Gasteiger partial charge in [0.05, 0.1) is 42.2 Å². The van der Waals surface area contributed by atoms with Crippen LogP contribution in [0.1, 0.15) is 82.8 Å². The molecule has 350 valence electrons. The van der Waals surface area contributed by atoms with E-state index in [0.29, 0.717) is 86.6 Å². The summed E-state index contributed by atoms with van der Waals surface area (Å²) < 4.78 is 110. The van der Waals surface area contributed by atoms with Gasteiger partial charge in [0.15, 0.2) is 22.6 Å². The predicted molar refractivity (Wildman–Crippen MR) is 230 cm³/mol. The average molecular weight is 947 g/mol. The number of fused-ring (bicyclic) bond motifs is 4. The first kappa shape index (κ1) is 52.0. The first-order chi connectivity index (χ1) is 31.1. The Morgan fingerprint density at radius 1 is 0.657 bits per heavy atom. The number of nitrogens with zero attached hydrogens (tertiary/aromatic N) is 4. The van der Waals surface area contributed by atoms with Gasteiger partial charge in [-0.3, -0.25) is 0 Å². The number of halogens is 6. The summed E-state index contributed by atoms with van der Waals surface area (Å²) in [4.78, 5) is 22.8. The fraction of sp³-hybridized carbons (Fsp3) is 0.319. The first-order valence-corrected chi connectivity index (χ1v) is 20.8. The van der Waals surface area contributed by atoms with Crippen molar-refractivity contribution in [1.82, 2.24) is 19.4 Å². The number of esters is 1. The Hall–Kier alpha value is -6.02. The second-order valence-electron chi connectivity index (χ2n) is 15.2. The van der Waals surface area contributed by atoms with Gasteiger partial charge in [0.25, 0.3) is 0 Å². The minimum absolute atomic E-state index is 0. The number of rotatable bonds is 16. The molecule has 13 nitrogen and oxygen atoms in total. The summed E-state index contributed by atoms with van der Waals surface area (Å²) >= 11 is 0. The van der Waals surface area contributed by atoms with Crippen molar-refractivity contribution in [2.24, 2.45) is 0 Å². The van der Waals surface area contributed by atoms with Crippen molar-refractivity contribution in [1.29, 1.82) is 0 Å². The van der Waals surface area contributed by atoms with E-state index >= 15 is 0 Å². The van der Waals surface area contributed by atoms with Crippen molar-refractivity contribution < 1.29 is 99.3 Å². The smallest absolute Gasteiger partial charge is 0.870 e. The van der Waals surface area contributed by atoms with Gasteiger partial charge in [-0.05, 0) is 98.5 Å². The van der Waals surface area contributed by atoms with E-state index in [2.05, 4.69) is 14.9 Å². The number of carboxylic acid groups (broad SMARTS) is 1. The van der Waals surface area contributed by atoms with Gasteiger partial charge >= 0.3 is 53.8 Å². The molecule has 4 heterocycles. The van der Waals surface area contributed by atoms with E-state index in [-0.39, 0.29) is 68.5 Å². The molecule has 20 heteroatoms. The maximum atomic E-state index is 13.2. The number of aryl methyl sites for hydroxylation is 4. The Morgan fingerprint density at radius 2 is 1.09 bits per heavy atom. The number of ether oxygens (including phenoxy) is 3. The van der Waals surface area contributed by atoms with E-state index in [1.165, 1.54) is 25.3 Å². The first-order valence-electron chi connectivity index (χ1n) is 20.8. The normalized spacial score (nSPS) is 11.6. The van der Waals surface area contributed by atoms with Crippen molar-refractivity contribution in [3.63, 3.8) is 0 Å². The summed E-state index contributed by atoms with van der Waals surface area (Å²) in [5.74, 6) is -0.351. The number of carbonyl (C=O) groups excluding carboxylic acids is 1. The zero-order valence-corrected chi connectivity index (χ0v) is 39.0. The Kier molecular flexibility index (Phi) is 17.2. The molecule has 0 aliphatic heterocycles. The van der Waals surface area contributed by atoms with Gasteiger partial charge in [0.2, 0.25) is 0 Å². The van der Waals surface area contributed by atoms with Crippen LogP contribution in [0.3, 0.4) is 0 Å². The largest absolute Gasteiger partial charge is 1.00 e. The maximum absolute atomic E-state index is 13.2. The van der Waals surface area contributed by atoms with E-state index in [9.17, 15) is 35.9 Å². The van der Waals surface area contributed by atoms with Gasteiger partial charge in [-0.25, -0.2) is 9.59 Å². The summed E-state index contributed by atoms with van der Waals surface area (Å²) in [6.07, 6.45) is -1.54. The molecular weight excluding hydrogens is 902 g/mol. The number of benzene rings is 4. The van der Waals surface area contributed by atoms with Gasteiger partial charge in [0.1, 0.15) is 11.5 Å². The van der Waals surface area contributed by atoms with Crippen molar-refractivity contribution >= 4 is 55.7 Å². The quantitative estimate of drug-likeness (QED) is 0.0425. The third-order valence-corrected chi connectivity index (χ3v) is 10.8. The van der Waals surface area contributed by atoms with Crippen LogP contribution in [-0.4, -0.2) is 62.3 Å². The topological polar surface area (TPSA) is 174 Å². The molecule has 0 atom stereocenters. The summed E-state index contributed by atoms with van der Waals surface area (Å²) in [5, 5.41) is 17.2. The molecule has 0 saturated heterocycles. The number of aromatic carboxylic acids is 1. The molecule has 0 radical (unpaired) electrons. The molecule has 0 saturated carbocycles. The number of aromatic nitrogens is 4. The SMILES string of the molecule is CCCc1c(OCCCn2ccc3cc(C(=O)O)ccc32)ccc2c(C(F)(F)F)noc12.CCCc1c(OCCCn2ccc3cc(C(=O)OC)ccc32)ccc2c(C(F)(F)F)noc12.[Na+].[OH-]. The summed E-state index contributed by atoms with van der Waals surface area (Å²) in [6, 6.07) is 19.9. The molecule has 2 N–H and O–H groups in total. The molecule has 4 aromatic carbocycles. The monoisotopic (exact) mass is 946 g/mol.